The van der Waals surface area contributed by atoms with Gasteiger partial charge in [-0.15, -0.1) is 0 Å². The number of hydrogen-bond acceptors (Lipinski definition) is 3. The molecule has 4 heteroatoms. The van der Waals surface area contributed by atoms with E-state index < -0.39 is 0 Å². The van der Waals surface area contributed by atoms with Gasteiger partial charge in [0.25, 0.3) is 0 Å². The van der Waals surface area contributed by atoms with Crippen LogP contribution in [0.1, 0.15) is 34.6 Å². The van der Waals surface area contributed by atoms with Gasteiger partial charge in [0.15, 0.2) is 0 Å². The second-order valence-corrected chi connectivity index (χ2v) is 5.91. The Labute approximate surface area is 104 Å². The molecule has 0 rings (SSSR count). The highest BCUT2D eigenvalue weighted by molar-refractivity contribution is 7.99. The van der Waals surface area contributed by atoms with Crippen LogP contribution in [0.2, 0.25) is 0 Å². The van der Waals surface area contributed by atoms with Gasteiger partial charge in [-0.1, -0.05) is 20.8 Å². The number of amides is 1. The number of nitrogens with one attached hydrogen (secondary N) is 2. The monoisotopic (exact) mass is 246 g/mol. The third-order valence-electron chi connectivity index (χ3n) is 2.18. The number of carbonyl (C=O) groups excluding carboxylic acids is 1. The van der Waals surface area contributed by atoms with Crippen molar-refractivity contribution in [2.45, 2.75) is 46.7 Å². The predicted octanol–water partition coefficient (Wildman–Crippen LogP) is 1.88. The van der Waals surface area contributed by atoms with Crippen LogP contribution in [-0.4, -0.2) is 36.0 Å². The summed E-state index contributed by atoms with van der Waals surface area (Å²) in [6, 6.07) is 0.274. The molecule has 0 aromatic carbocycles. The van der Waals surface area contributed by atoms with Crippen molar-refractivity contribution in [1.29, 1.82) is 0 Å². The Bertz CT molecular complexity index is 197. The zero-order chi connectivity index (χ0) is 12.6. The van der Waals surface area contributed by atoms with Crippen molar-refractivity contribution in [1.82, 2.24) is 10.6 Å². The lowest BCUT2D eigenvalue weighted by atomic mass is 10.2. The first-order valence-corrected chi connectivity index (χ1v) is 7.24. The Hall–Kier alpha value is -0.220. The average Bonchev–Trinajstić information content (AvgIpc) is 2.22. The first-order valence-electron chi connectivity index (χ1n) is 6.08. The summed E-state index contributed by atoms with van der Waals surface area (Å²) in [7, 11) is 0. The van der Waals surface area contributed by atoms with Crippen molar-refractivity contribution < 1.29 is 4.79 Å². The highest BCUT2D eigenvalue weighted by Crippen LogP contribution is 2.02. The summed E-state index contributed by atoms with van der Waals surface area (Å²) >= 11 is 1.89. The van der Waals surface area contributed by atoms with E-state index in [9.17, 15) is 4.79 Å². The van der Waals surface area contributed by atoms with Gasteiger partial charge in [0, 0.05) is 18.3 Å². The lowest BCUT2D eigenvalue weighted by Crippen LogP contribution is -2.47. The molecule has 3 nitrogen and oxygen atoms in total. The molecule has 0 aliphatic heterocycles. The van der Waals surface area contributed by atoms with E-state index in [1.54, 1.807) is 0 Å². The van der Waals surface area contributed by atoms with E-state index in [0.717, 1.165) is 18.1 Å². The van der Waals surface area contributed by atoms with Crippen LogP contribution in [0, 0.1) is 5.92 Å². The summed E-state index contributed by atoms with van der Waals surface area (Å²) in [4.78, 5) is 11.7. The number of carbonyl (C=O) groups is 1. The molecule has 0 aromatic heterocycles. The molecule has 2 atom stereocenters. The zero-order valence-electron chi connectivity index (χ0n) is 11.2. The Morgan fingerprint density at radius 2 is 1.88 bits per heavy atom. The van der Waals surface area contributed by atoms with Crippen LogP contribution in [0.5, 0.6) is 0 Å². The molecule has 0 heterocycles. The van der Waals surface area contributed by atoms with Gasteiger partial charge in [0.2, 0.25) is 5.91 Å². The number of hydrogen-bond donors (Lipinski definition) is 2. The molecule has 96 valence electrons. The molecular formula is C12H26N2OS. The van der Waals surface area contributed by atoms with Crippen LogP contribution >= 0.6 is 11.8 Å². The van der Waals surface area contributed by atoms with E-state index in [0.29, 0.717) is 12.0 Å². The van der Waals surface area contributed by atoms with Gasteiger partial charge >= 0.3 is 0 Å². The summed E-state index contributed by atoms with van der Waals surface area (Å²) in [6.45, 7) is 11.1. The fraction of sp³-hybridized carbons (Fsp3) is 0.917. The Balaban J connectivity index is 3.77. The third-order valence-corrected chi connectivity index (χ3v) is 3.33. The van der Waals surface area contributed by atoms with Gasteiger partial charge in [-0.25, -0.2) is 0 Å². The highest BCUT2D eigenvalue weighted by Gasteiger charge is 2.14. The van der Waals surface area contributed by atoms with Crippen molar-refractivity contribution in [3.8, 4) is 0 Å². The van der Waals surface area contributed by atoms with Crippen LogP contribution in [0.3, 0.4) is 0 Å². The maximum Gasteiger partial charge on any atom is 0.236 e. The summed E-state index contributed by atoms with van der Waals surface area (Å²) in [5.74, 6) is 2.78. The zero-order valence-corrected chi connectivity index (χ0v) is 12.0. The van der Waals surface area contributed by atoms with Gasteiger partial charge < -0.3 is 10.6 Å². The SMILES string of the molecule is CCSCC(C)NC(C)C(=O)NCC(C)C. The molecule has 0 aliphatic carbocycles. The quantitative estimate of drug-likeness (QED) is 0.687. The summed E-state index contributed by atoms with van der Waals surface area (Å²) in [5, 5.41) is 6.24. The van der Waals surface area contributed by atoms with E-state index in [2.05, 4.69) is 38.3 Å². The lowest BCUT2D eigenvalue weighted by molar-refractivity contribution is -0.123. The molecular weight excluding hydrogens is 220 g/mol. The van der Waals surface area contributed by atoms with Crippen molar-refractivity contribution in [2.24, 2.45) is 5.92 Å². The van der Waals surface area contributed by atoms with Gasteiger partial charge in [0.1, 0.15) is 0 Å². The Morgan fingerprint density at radius 3 is 2.38 bits per heavy atom. The van der Waals surface area contributed by atoms with Crippen LogP contribution in [0.15, 0.2) is 0 Å². The van der Waals surface area contributed by atoms with Crippen molar-refractivity contribution in [3.63, 3.8) is 0 Å². The third kappa shape index (κ3) is 7.99. The summed E-state index contributed by atoms with van der Waals surface area (Å²) in [6.07, 6.45) is 0. The van der Waals surface area contributed by atoms with Crippen LogP contribution < -0.4 is 10.6 Å². The Kier molecular flexibility index (Phi) is 8.76. The molecule has 0 saturated carbocycles. The fourth-order valence-electron chi connectivity index (χ4n) is 1.30. The van der Waals surface area contributed by atoms with Crippen molar-refractivity contribution in [2.75, 3.05) is 18.1 Å². The molecule has 16 heavy (non-hydrogen) atoms. The first kappa shape index (κ1) is 15.8. The van der Waals surface area contributed by atoms with Crippen molar-refractivity contribution in [3.05, 3.63) is 0 Å². The van der Waals surface area contributed by atoms with E-state index in [4.69, 9.17) is 0 Å². The van der Waals surface area contributed by atoms with Gasteiger partial charge in [0.05, 0.1) is 6.04 Å². The second-order valence-electron chi connectivity index (χ2n) is 4.59. The molecule has 0 spiro atoms. The fourth-order valence-corrected chi connectivity index (χ4v) is 1.99. The molecule has 0 aromatic rings. The molecule has 0 fully saturated rings. The minimum atomic E-state index is -0.105. The van der Waals surface area contributed by atoms with Gasteiger partial charge in [-0.05, 0) is 25.5 Å². The normalized spacial score (nSPS) is 14.9. The van der Waals surface area contributed by atoms with E-state index in [-0.39, 0.29) is 11.9 Å². The Morgan fingerprint density at radius 1 is 1.25 bits per heavy atom. The van der Waals surface area contributed by atoms with Crippen LogP contribution in [0.25, 0.3) is 0 Å². The first-order chi connectivity index (χ1) is 7.47. The number of thioether (sulfide) groups is 1. The summed E-state index contributed by atoms with van der Waals surface area (Å²) in [5.41, 5.74) is 0. The van der Waals surface area contributed by atoms with E-state index >= 15 is 0 Å². The molecule has 0 aliphatic rings. The van der Waals surface area contributed by atoms with Crippen molar-refractivity contribution >= 4 is 17.7 Å². The smallest absolute Gasteiger partial charge is 0.236 e. The highest BCUT2D eigenvalue weighted by atomic mass is 32.2. The lowest BCUT2D eigenvalue weighted by Gasteiger charge is -2.19. The molecule has 2 unspecified atom stereocenters. The maximum absolute atomic E-state index is 11.7. The van der Waals surface area contributed by atoms with Crippen LogP contribution in [-0.2, 0) is 4.79 Å². The minimum absolute atomic E-state index is 0.0991. The average molecular weight is 246 g/mol. The number of rotatable bonds is 8. The largest absolute Gasteiger partial charge is 0.354 e. The van der Waals surface area contributed by atoms with E-state index in [1.807, 2.05) is 18.7 Å². The van der Waals surface area contributed by atoms with Gasteiger partial charge in [-0.2, -0.15) is 11.8 Å². The predicted molar refractivity (Wildman–Crippen MR) is 72.9 cm³/mol. The molecule has 1 amide bonds. The standard InChI is InChI=1S/C12H26N2OS/c1-6-16-8-10(4)14-11(5)12(15)13-7-9(2)3/h9-11,14H,6-8H2,1-5H3,(H,13,15). The molecule has 0 saturated heterocycles. The van der Waals surface area contributed by atoms with Gasteiger partial charge in [-0.3, -0.25) is 4.79 Å². The molecule has 0 radical (unpaired) electrons. The minimum Gasteiger partial charge on any atom is -0.354 e. The van der Waals surface area contributed by atoms with E-state index in [1.165, 1.54) is 0 Å². The molecule has 0 bridgehead atoms. The van der Waals surface area contributed by atoms with Crippen LogP contribution in [0.4, 0.5) is 0 Å². The maximum atomic E-state index is 11.7. The molecule has 2 N–H and O–H groups in total. The summed E-state index contributed by atoms with van der Waals surface area (Å²) < 4.78 is 0. The topological polar surface area (TPSA) is 41.1 Å². The second kappa shape index (κ2) is 8.88.